The lowest BCUT2D eigenvalue weighted by Gasteiger charge is -2.09. The van der Waals surface area contributed by atoms with Crippen LogP contribution in [-0.2, 0) is 0 Å². The van der Waals surface area contributed by atoms with E-state index in [-0.39, 0.29) is 11.4 Å². The number of nitrogen functional groups attached to an aromatic ring is 1. The number of carbonyl (C=O) groups excluding carboxylic acids is 1. The van der Waals surface area contributed by atoms with Crippen LogP contribution in [0.25, 0.3) is 5.69 Å². The zero-order valence-corrected chi connectivity index (χ0v) is 12.4. The standard InChI is InChI=1S/C12H13Cl2N5O/c1-18(2)12-8(11(16)20)10(15)19(17-12)9-6(13)4-3-5-7(9)14/h3-5H,15H2,1-2H3,(H2,16,20). The van der Waals surface area contributed by atoms with Crippen molar-refractivity contribution in [3.8, 4) is 5.69 Å². The van der Waals surface area contributed by atoms with Gasteiger partial charge in [-0.15, -0.1) is 5.10 Å². The molecule has 8 heteroatoms. The van der Waals surface area contributed by atoms with Gasteiger partial charge in [-0.3, -0.25) is 4.79 Å². The number of anilines is 2. The summed E-state index contributed by atoms with van der Waals surface area (Å²) in [6.07, 6.45) is 0. The molecule has 0 radical (unpaired) electrons. The van der Waals surface area contributed by atoms with Crippen molar-refractivity contribution in [3.05, 3.63) is 33.8 Å². The monoisotopic (exact) mass is 313 g/mol. The topological polar surface area (TPSA) is 90.2 Å². The third kappa shape index (κ3) is 2.28. The SMILES string of the molecule is CN(C)c1nn(-c2c(Cl)cccc2Cl)c(N)c1C(N)=O. The maximum atomic E-state index is 11.6. The second kappa shape index (κ2) is 5.22. The Morgan fingerprint density at radius 2 is 1.85 bits per heavy atom. The zero-order chi connectivity index (χ0) is 15.0. The number of aromatic nitrogens is 2. The van der Waals surface area contributed by atoms with Gasteiger partial charge in [0.15, 0.2) is 5.82 Å². The van der Waals surface area contributed by atoms with Crippen molar-refractivity contribution >= 4 is 40.7 Å². The van der Waals surface area contributed by atoms with Gasteiger partial charge in [0, 0.05) is 14.1 Å². The van der Waals surface area contributed by atoms with Crippen LogP contribution in [-0.4, -0.2) is 29.8 Å². The average Bonchev–Trinajstić information content (AvgIpc) is 2.67. The van der Waals surface area contributed by atoms with Crippen LogP contribution in [0.3, 0.4) is 0 Å². The van der Waals surface area contributed by atoms with Crippen LogP contribution in [0.5, 0.6) is 0 Å². The Balaban J connectivity index is 2.77. The van der Waals surface area contributed by atoms with E-state index in [1.54, 1.807) is 37.2 Å². The van der Waals surface area contributed by atoms with E-state index < -0.39 is 5.91 Å². The molecule has 4 N–H and O–H groups in total. The second-order valence-corrected chi connectivity index (χ2v) is 5.14. The van der Waals surface area contributed by atoms with E-state index in [0.29, 0.717) is 21.6 Å². The van der Waals surface area contributed by atoms with E-state index in [0.717, 1.165) is 0 Å². The first-order valence-corrected chi connectivity index (χ1v) is 6.40. The van der Waals surface area contributed by atoms with Crippen molar-refractivity contribution in [2.24, 2.45) is 5.73 Å². The normalized spacial score (nSPS) is 10.6. The number of primary amides is 1. The molecule has 1 heterocycles. The smallest absolute Gasteiger partial charge is 0.256 e. The van der Waals surface area contributed by atoms with Crippen molar-refractivity contribution in [2.75, 3.05) is 24.7 Å². The maximum absolute atomic E-state index is 11.6. The predicted octanol–water partition coefficient (Wildman–Crippen LogP) is 1.93. The summed E-state index contributed by atoms with van der Waals surface area (Å²) in [4.78, 5) is 13.2. The molecular formula is C12H13Cl2N5O. The lowest BCUT2D eigenvalue weighted by atomic mass is 10.2. The fourth-order valence-electron chi connectivity index (χ4n) is 1.83. The van der Waals surface area contributed by atoms with Crippen molar-refractivity contribution in [3.63, 3.8) is 0 Å². The zero-order valence-electron chi connectivity index (χ0n) is 10.9. The highest BCUT2D eigenvalue weighted by Crippen LogP contribution is 2.33. The quantitative estimate of drug-likeness (QED) is 0.905. The minimum atomic E-state index is -0.666. The molecule has 6 nitrogen and oxygen atoms in total. The maximum Gasteiger partial charge on any atom is 0.256 e. The van der Waals surface area contributed by atoms with Gasteiger partial charge in [-0.25, -0.2) is 4.68 Å². The Bertz CT molecular complexity index is 660. The van der Waals surface area contributed by atoms with Gasteiger partial charge >= 0.3 is 0 Å². The second-order valence-electron chi connectivity index (χ2n) is 4.32. The summed E-state index contributed by atoms with van der Waals surface area (Å²) in [6, 6.07) is 5.02. The minimum absolute atomic E-state index is 0.0937. The lowest BCUT2D eigenvalue weighted by Crippen LogP contribution is -2.18. The molecule has 106 valence electrons. The van der Waals surface area contributed by atoms with Gasteiger partial charge < -0.3 is 16.4 Å². The molecule has 0 saturated heterocycles. The summed E-state index contributed by atoms with van der Waals surface area (Å²) in [7, 11) is 3.46. The Morgan fingerprint density at radius 3 is 2.25 bits per heavy atom. The molecule has 0 unspecified atom stereocenters. The fourth-order valence-corrected chi connectivity index (χ4v) is 2.39. The molecule has 0 fully saturated rings. The molecule has 2 aromatic rings. The fraction of sp³-hybridized carbons (Fsp3) is 0.167. The number of hydrogen-bond acceptors (Lipinski definition) is 4. The van der Waals surface area contributed by atoms with Crippen LogP contribution in [0.15, 0.2) is 18.2 Å². The molecule has 1 aromatic heterocycles. The number of carbonyl (C=O) groups is 1. The molecule has 0 aliphatic heterocycles. The van der Waals surface area contributed by atoms with Crippen molar-refractivity contribution in [1.82, 2.24) is 9.78 Å². The van der Waals surface area contributed by atoms with Crippen LogP contribution >= 0.6 is 23.2 Å². The van der Waals surface area contributed by atoms with Crippen LogP contribution in [0, 0.1) is 0 Å². The molecule has 0 saturated carbocycles. The van der Waals surface area contributed by atoms with E-state index in [2.05, 4.69) is 5.10 Å². The molecule has 0 aliphatic carbocycles. The number of hydrogen-bond donors (Lipinski definition) is 2. The number of halogens is 2. The van der Waals surface area contributed by atoms with E-state index in [1.807, 2.05) is 0 Å². The summed E-state index contributed by atoms with van der Waals surface area (Å²) < 4.78 is 1.32. The van der Waals surface area contributed by atoms with Gasteiger partial charge in [0.25, 0.3) is 5.91 Å². The van der Waals surface area contributed by atoms with Crippen LogP contribution in [0.1, 0.15) is 10.4 Å². The summed E-state index contributed by atoms with van der Waals surface area (Å²) in [6.45, 7) is 0. The van der Waals surface area contributed by atoms with Crippen LogP contribution in [0.4, 0.5) is 11.6 Å². The van der Waals surface area contributed by atoms with Crippen LogP contribution in [0.2, 0.25) is 10.0 Å². The Hall–Kier alpha value is -1.92. The van der Waals surface area contributed by atoms with Gasteiger partial charge in [-0.2, -0.15) is 0 Å². The largest absolute Gasteiger partial charge is 0.383 e. The Kier molecular flexibility index (Phi) is 3.78. The predicted molar refractivity (Wildman–Crippen MR) is 80.8 cm³/mol. The van der Waals surface area contributed by atoms with Crippen molar-refractivity contribution in [2.45, 2.75) is 0 Å². The highest BCUT2D eigenvalue weighted by Gasteiger charge is 2.24. The molecule has 2 rings (SSSR count). The number of para-hydroxylation sites is 1. The Morgan fingerprint density at radius 1 is 1.30 bits per heavy atom. The van der Waals surface area contributed by atoms with Crippen molar-refractivity contribution < 1.29 is 4.79 Å². The minimum Gasteiger partial charge on any atom is -0.383 e. The molecule has 0 spiro atoms. The number of rotatable bonds is 3. The van der Waals surface area contributed by atoms with Gasteiger partial charge in [0.2, 0.25) is 0 Å². The average molecular weight is 314 g/mol. The van der Waals surface area contributed by atoms with Gasteiger partial charge in [0.05, 0.1) is 10.0 Å². The summed E-state index contributed by atoms with van der Waals surface area (Å²) in [5.41, 5.74) is 11.9. The Labute approximate surface area is 125 Å². The molecule has 20 heavy (non-hydrogen) atoms. The third-order valence-corrected chi connectivity index (χ3v) is 3.33. The summed E-state index contributed by atoms with van der Waals surface area (Å²) in [5.74, 6) is -0.220. The van der Waals surface area contributed by atoms with E-state index in [9.17, 15) is 4.79 Å². The van der Waals surface area contributed by atoms with Gasteiger partial charge in [0.1, 0.15) is 17.1 Å². The number of nitrogens with zero attached hydrogens (tertiary/aromatic N) is 3. The number of amides is 1. The molecule has 0 bridgehead atoms. The van der Waals surface area contributed by atoms with E-state index in [1.165, 1.54) is 4.68 Å². The van der Waals surface area contributed by atoms with Crippen molar-refractivity contribution in [1.29, 1.82) is 0 Å². The molecular weight excluding hydrogens is 301 g/mol. The third-order valence-electron chi connectivity index (χ3n) is 2.72. The van der Waals surface area contributed by atoms with E-state index in [4.69, 9.17) is 34.7 Å². The first-order chi connectivity index (χ1) is 9.34. The highest BCUT2D eigenvalue weighted by molar-refractivity contribution is 6.37. The molecule has 1 amide bonds. The molecule has 1 aromatic carbocycles. The van der Waals surface area contributed by atoms with Crippen LogP contribution < -0.4 is 16.4 Å². The lowest BCUT2D eigenvalue weighted by molar-refractivity contribution is 0.100. The van der Waals surface area contributed by atoms with E-state index >= 15 is 0 Å². The number of benzene rings is 1. The van der Waals surface area contributed by atoms with Gasteiger partial charge in [-0.1, -0.05) is 29.3 Å². The number of nitrogens with two attached hydrogens (primary N) is 2. The summed E-state index contributed by atoms with van der Waals surface area (Å²) >= 11 is 12.3. The summed E-state index contributed by atoms with van der Waals surface area (Å²) in [5, 5.41) is 5.01. The first-order valence-electron chi connectivity index (χ1n) is 5.64. The molecule has 0 aliphatic rings. The first kappa shape index (κ1) is 14.5. The van der Waals surface area contributed by atoms with Gasteiger partial charge in [-0.05, 0) is 12.1 Å². The molecule has 0 atom stereocenters. The highest BCUT2D eigenvalue weighted by atomic mass is 35.5.